The van der Waals surface area contributed by atoms with E-state index in [0.29, 0.717) is 11.8 Å². The molecule has 0 N–H and O–H groups in total. The van der Waals surface area contributed by atoms with E-state index in [-0.39, 0.29) is 6.29 Å². The molecule has 0 saturated carbocycles. The molecular formula is C7H15ClO2. The first-order valence-corrected chi connectivity index (χ1v) is 3.91. The standard InChI is InChI=1S/C7H15ClO2/c1-6(4-5-8)7(9-2)10-3/h6-7H,4-5H2,1-3H3. The van der Waals surface area contributed by atoms with Gasteiger partial charge in [-0.1, -0.05) is 6.92 Å². The molecular weight excluding hydrogens is 152 g/mol. The average Bonchev–Trinajstić information content (AvgIpc) is 1.91. The lowest BCUT2D eigenvalue weighted by molar-refractivity contribution is -0.133. The summed E-state index contributed by atoms with van der Waals surface area (Å²) in [6.07, 6.45) is 0.812. The number of ether oxygens (including phenoxy) is 2. The van der Waals surface area contributed by atoms with Gasteiger partial charge < -0.3 is 9.47 Å². The summed E-state index contributed by atoms with van der Waals surface area (Å²) in [5.41, 5.74) is 0. The van der Waals surface area contributed by atoms with Gasteiger partial charge in [0.05, 0.1) is 0 Å². The highest BCUT2D eigenvalue weighted by molar-refractivity contribution is 6.17. The third-order valence-electron chi connectivity index (χ3n) is 1.49. The number of rotatable bonds is 5. The lowest BCUT2D eigenvalue weighted by atomic mass is 10.1. The van der Waals surface area contributed by atoms with Gasteiger partial charge in [0.2, 0.25) is 0 Å². The molecule has 0 heterocycles. The Hall–Kier alpha value is 0.210. The molecule has 0 aromatic heterocycles. The van der Waals surface area contributed by atoms with Gasteiger partial charge in [-0.05, 0) is 6.42 Å². The quantitative estimate of drug-likeness (QED) is 0.459. The molecule has 0 aliphatic carbocycles. The Morgan fingerprint density at radius 1 is 1.30 bits per heavy atom. The summed E-state index contributed by atoms with van der Waals surface area (Å²) in [5, 5.41) is 0. The largest absolute Gasteiger partial charge is 0.356 e. The van der Waals surface area contributed by atoms with Crippen molar-refractivity contribution in [3.8, 4) is 0 Å². The zero-order valence-electron chi connectivity index (χ0n) is 6.76. The number of hydrogen-bond donors (Lipinski definition) is 0. The first kappa shape index (κ1) is 10.2. The minimum Gasteiger partial charge on any atom is -0.356 e. The third-order valence-corrected chi connectivity index (χ3v) is 1.71. The SMILES string of the molecule is COC(OC)C(C)CCCl. The van der Waals surface area contributed by atoms with Crippen molar-refractivity contribution in [2.75, 3.05) is 20.1 Å². The fourth-order valence-corrected chi connectivity index (χ4v) is 1.21. The molecule has 1 atom stereocenters. The van der Waals surface area contributed by atoms with Crippen molar-refractivity contribution < 1.29 is 9.47 Å². The summed E-state index contributed by atoms with van der Waals surface area (Å²) in [7, 11) is 3.28. The van der Waals surface area contributed by atoms with Crippen molar-refractivity contribution in [1.82, 2.24) is 0 Å². The van der Waals surface area contributed by atoms with Crippen molar-refractivity contribution in [3.63, 3.8) is 0 Å². The molecule has 0 radical (unpaired) electrons. The Balaban J connectivity index is 3.53. The molecule has 2 nitrogen and oxygen atoms in total. The molecule has 0 aliphatic rings. The fourth-order valence-electron chi connectivity index (χ4n) is 0.869. The smallest absolute Gasteiger partial charge is 0.159 e. The van der Waals surface area contributed by atoms with E-state index in [1.165, 1.54) is 0 Å². The molecule has 0 bridgehead atoms. The van der Waals surface area contributed by atoms with Crippen LogP contribution in [0.3, 0.4) is 0 Å². The zero-order valence-corrected chi connectivity index (χ0v) is 7.52. The molecule has 62 valence electrons. The monoisotopic (exact) mass is 166 g/mol. The highest BCUT2D eigenvalue weighted by atomic mass is 35.5. The van der Waals surface area contributed by atoms with Crippen LogP contribution < -0.4 is 0 Å². The van der Waals surface area contributed by atoms with Crippen molar-refractivity contribution in [1.29, 1.82) is 0 Å². The van der Waals surface area contributed by atoms with Crippen LogP contribution in [0.25, 0.3) is 0 Å². The molecule has 1 unspecified atom stereocenters. The van der Waals surface area contributed by atoms with E-state index in [1.54, 1.807) is 14.2 Å². The number of halogens is 1. The van der Waals surface area contributed by atoms with E-state index in [9.17, 15) is 0 Å². The van der Waals surface area contributed by atoms with Crippen molar-refractivity contribution in [2.45, 2.75) is 19.6 Å². The summed E-state index contributed by atoms with van der Waals surface area (Å²) >= 11 is 5.54. The van der Waals surface area contributed by atoms with Gasteiger partial charge in [0.25, 0.3) is 0 Å². The van der Waals surface area contributed by atoms with E-state index in [0.717, 1.165) is 6.42 Å². The van der Waals surface area contributed by atoms with Crippen LogP contribution in [0.1, 0.15) is 13.3 Å². The Morgan fingerprint density at radius 2 is 1.80 bits per heavy atom. The molecule has 0 spiro atoms. The topological polar surface area (TPSA) is 18.5 Å². The average molecular weight is 167 g/mol. The van der Waals surface area contributed by atoms with Crippen molar-refractivity contribution in [2.24, 2.45) is 5.92 Å². The zero-order chi connectivity index (χ0) is 7.98. The van der Waals surface area contributed by atoms with Crippen LogP contribution in [-0.4, -0.2) is 26.4 Å². The fraction of sp³-hybridized carbons (Fsp3) is 1.00. The molecule has 3 heteroatoms. The van der Waals surface area contributed by atoms with Crippen LogP contribution >= 0.6 is 11.6 Å². The predicted octanol–water partition coefficient (Wildman–Crippen LogP) is 1.87. The van der Waals surface area contributed by atoms with Crippen LogP contribution in [0.15, 0.2) is 0 Å². The number of methoxy groups -OCH3 is 2. The normalized spacial score (nSPS) is 14.1. The molecule has 0 aliphatic heterocycles. The van der Waals surface area contributed by atoms with Crippen molar-refractivity contribution in [3.05, 3.63) is 0 Å². The maximum Gasteiger partial charge on any atom is 0.159 e. The lowest BCUT2D eigenvalue weighted by Gasteiger charge is -2.19. The third kappa shape index (κ3) is 3.40. The second-order valence-electron chi connectivity index (χ2n) is 2.29. The highest BCUT2D eigenvalue weighted by Gasteiger charge is 2.14. The maximum absolute atomic E-state index is 5.54. The predicted molar refractivity (Wildman–Crippen MR) is 42.3 cm³/mol. The van der Waals surface area contributed by atoms with Crippen LogP contribution in [0, 0.1) is 5.92 Å². The van der Waals surface area contributed by atoms with Gasteiger partial charge in [-0.2, -0.15) is 0 Å². The Kier molecular flexibility index (Phi) is 6.08. The van der Waals surface area contributed by atoms with E-state index in [4.69, 9.17) is 21.1 Å². The number of hydrogen-bond acceptors (Lipinski definition) is 2. The molecule has 0 amide bonds. The number of alkyl halides is 1. The summed E-state index contributed by atoms with van der Waals surface area (Å²) in [5.74, 6) is 1.03. The second kappa shape index (κ2) is 5.96. The highest BCUT2D eigenvalue weighted by Crippen LogP contribution is 2.11. The molecule has 0 saturated heterocycles. The van der Waals surface area contributed by atoms with Crippen LogP contribution in [-0.2, 0) is 9.47 Å². The Labute approximate surface area is 67.5 Å². The van der Waals surface area contributed by atoms with E-state index in [2.05, 4.69) is 6.92 Å². The summed E-state index contributed by atoms with van der Waals surface area (Å²) in [6, 6.07) is 0. The second-order valence-corrected chi connectivity index (χ2v) is 2.67. The van der Waals surface area contributed by atoms with Crippen LogP contribution in [0.5, 0.6) is 0 Å². The summed E-state index contributed by atoms with van der Waals surface area (Å²) in [6.45, 7) is 2.06. The van der Waals surface area contributed by atoms with Gasteiger partial charge in [-0.25, -0.2) is 0 Å². The Bertz CT molecular complexity index is 74.0. The van der Waals surface area contributed by atoms with Gasteiger partial charge in [0.1, 0.15) is 0 Å². The molecule has 0 rings (SSSR count). The van der Waals surface area contributed by atoms with Gasteiger partial charge in [-0.15, -0.1) is 11.6 Å². The Morgan fingerprint density at radius 3 is 2.10 bits per heavy atom. The van der Waals surface area contributed by atoms with Gasteiger partial charge in [0.15, 0.2) is 6.29 Å². The molecule has 0 aromatic rings. The van der Waals surface area contributed by atoms with Crippen LogP contribution in [0.2, 0.25) is 0 Å². The van der Waals surface area contributed by atoms with Gasteiger partial charge in [0, 0.05) is 26.0 Å². The van der Waals surface area contributed by atoms with Gasteiger partial charge >= 0.3 is 0 Å². The molecule has 0 aromatic carbocycles. The molecule has 10 heavy (non-hydrogen) atoms. The minimum absolute atomic E-state index is 0.112. The molecule has 0 fully saturated rings. The van der Waals surface area contributed by atoms with Crippen LogP contribution in [0.4, 0.5) is 0 Å². The van der Waals surface area contributed by atoms with Crippen molar-refractivity contribution >= 4 is 11.6 Å². The first-order valence-electron chi connectivity index (χ1n) is 3.37. The maximum atomic E-state index is 5.54. The first-order chi connectivity index (χ1) is 4.76. The minimum atomic E-state index is -0.112. The lowest BCUT2D eigenvalue weighted by Crippen LogP contribution is -2.22. The van der Waals surface area contributed by atoms with E-state index >= 15 is 0 Å². The van der Waals surface area contributed by atoms with Gasteiger partial charge in [-0.3, -0.25) is 0 Å². The van der Waals surface area contributed by atoms with E-state index < -0.39 is 0 Å². The van der Waals surface area contributed by atoms with E-state index in [1.807, 2.05) is 0 Å². The summed E-state index contributed by atoms with van der Waals surface area (Å²) < 4.78 is 10.1. The summed E-state index contributed by atoms with van der Waals surface area (Å²) in [4.78, 5) is 0.